The fraction of sp³-hybridized carbons (Fsp3) is 0.0476. The van der Waals surface area contributed by atoms with Gasteiger partial charge in [-0.3, -0.25) is 24.6 Å². The normalized spacial score (nSPS) is 15.4. The van der Waals surface area contributed by atoms with E-state index in [-0.39, 0.29) is 22.0 Å². The lowest BCUT2D eigenvalue weighted by Crippen LogP contribution is -2.27. The van der Waals surface area contributed by atoms with E-state index < -0.39 is 27.5 Å². The van der Waals surface area contributed by atoms with Gasteiger partial charge in [0.1, 0.15) is 0 Å². The Morgan fingerprint density at radius 1 is 1.13 bits per heavy atom. The number of amides is 2. The molecule has 0 saturated carbocycles. The molecule has 0 radical (unpaired) electrons. The fourth-order valence-electron chi connectivity index (χ4n) is 3.23. The number of halogens is 1. The fourth-order valence-corrected chi connectivity index (χ4v) is 4.28. The molecule has 9 heteroatoms. The minimum Gasteiger partial charge on any atom is -0.502 e. The van der Waals surface area contributed by atoms with Gasteiger partial charge in [0.2, 0.25) is 5.75 Å². The van der Waals surface area contributed by atoms with Crippen LogP contribution in [0.3, 0.4) is 0 Å². The third-order valence-electron chi connectivity index (χ3n) is 4.65. The summed E-state index contributed by atoms with van der Waals surface area (Å²) >= 11 is 6.60. The van der Waals surface area contributed by atoms with Gasteiger partial charge >= 0.3 is 5.69 Å². The van der Waals surface area contributed by atoms with Crippen LogP contribution in [0.15, 0.2) is 59.5 Å². The lowest BCUT2D eigenvalue weighted by Gasteiger charge is -2.14. The number of phenolic OH excluding ortho intramolecular Hbond substituents is 1. The number of rotatable bonds is 4. The lowest BCUT2D eigenvalue weighted by molar-refractivity contribution is -0.385. The van der Waals surface area contributed by atoms with Crippen LogP contribution in [0, 0.1) is 10.1 Å². The Bertz CT molecular complexity index is 1250. The van der Waals surface area contributed by atoms with Gasteiger partial charge in [-0.25, -0.2) is 0 Å². The van der Waals surface area contributed by atoms with Crippen molar-refractivity contribution in [3.8, 4) is 5.75 Å². The maximum Gasteiger partial charge on any atom is 0.312 e. The number of hydrogen-bond donors (Lipinski definition) is 1. The number of carbonyl (C=O) groups excluding carboxylic acids is 2. The van der Waals surface area contributed by atoms with E-state index in [2.05, 4.69) is 0 Å². The summed E-state index contributed by atoms with van der Waals surface area (Å²) in [6, 6.07) is 15.6. The number of nitro groups is 1. The summed E-state index contributed by atoms with van der Waals surface area (Å²) in [6.45, 7) is 0.0883. The zero-order valence-electron chi connectivity index (χ0n) is 15.2. The molecule has 0 bridgehead atoms. The van der Waals surface area contributed by atoms with Gasteiger partial charge in [-0.15, -0.1) is 0 Å². The highest BCUT2D eigenvalue weighted by molar-refractivity contribution is 8.18. The second-order valence-electron chi connectivity index (χ2n) is 6.53. The van der Waals surface area contributed by atoms with Gasteiger partial charge in [-0.2, -0.15) is 0 Å². The first-order chi connectivity index (χ1) is 14.3. The number of nitro benzene ring substituents is 1. The van der Waals surface area contributed by atoms with Gasteiger partial charge < -0.3 is 5.11 Å². The van der Waals surface area contributed by atoms with Gasteiger partial charge in [0.25, 0.3) is 11.1 Å². The smallest absolute Gasteiger partial charge is 0.312 e. The number of fused-ring (bicyclic) bond motifs is 1. The largest absolute Gasteiger partial charge is 0.502 e. The van der Waals surface area contributed by atoms with Crippen LogP contribution in [0.1, 0.15) is 11.1 Å². The van der Waals surface area contributed by atoms with Crippen molar-refractivity contribution in [2.75, 3.05) is 0 Å². The molecule has 3 aromatic carbocycles. The topological polar surface area (TPSA) is 101 Å². The standard InChI is InChI=1S/C21H13ClN2O5S/c22-15-8-14(19(25)17(10-15)24(28)29)9-18-20(26)23(21(27)30-18)11-13-6-3-5-12-4-1-2-7-16(12)13/h1-10,25H,11H2/b18-9+. The third-order valence-corrected chi connectivity index (χ3v) is 5.77. The SMILES string of the molecule is O=C1S/C(=C/c2cc(Cl)cc([N+](=O)[O-])c2O)C(=O)N1Cc1cccc2ccccc12. The van der Waals surface area contributed by atoms with Crippen molar-refractivity contribution in [3.05, 3.63) is 85.8 Å². The van der Waals surface area contributed by atoms with Gasteiger partial charge in [0.15, 0.2) is 0 Å². The molecule has 4 rings (SSSR count). The quantitative estimate of drug-likeness (QED) is 0.333. The lowest BCUT2D eigenvalue weighted by atomic mass is 10.0. The molecule has 1 N–H and O–H groups in total. The van der Waals surface area contributed by atoms with Crippen LogP contribution in [-0.4, -0.2) is 26.1 Å². The highest BCUT2D eigenvalue weighted by Gasteiger charge is 2.35. The number of imide groups is 1. The average Bonchev–Trinajstić information content (AvgIpc) is 2.98. The number of aromatic hydroxyl groups is 1. The van der Waals surface area contributed by atoms with E-state index in [4.69, 9.17) is 11.6 Å². The van der Waals surface area contributed by atoms with Gasteiger partial charge in [-0.05, 0) is 40.2 Å². The number of nitrogens with zero attached hydrogens (tertiary/aromatic N) is 2. The van der Waals surface area contributed by atoms with Crippen molar-refractivity contribution in [2.45, 2.75) is 6.54 Å². The van der Waals surface area contributed by atoms with Gasteiger partial charge in [-0.1, -0.05) is 54.1 Å². The molecule has 0 aliphatic carbocycles. The summed E-state index contributed by atoms with van der Waals surface area (Å²) in [5, 5.41) is 22.7. The molecule has 1 saturated heterocycles. The van der Waals surface area contributed by atoms with Crippen LogP contribution >= 0.6 is 23.4 Å². The van der Waals surface area contributed by atoms with E-state index in [1.165, 1.54) is 12.1 Å². The van der Waals surface area contributed by atoms with Crippen LogP contribution in [0.4, 0.5) is 10.5 Å². The maximum absolute atomic E-state index is 12.8. The summed E-state index contributed by atoms with van der Waals surface area (Å²) in [5.41, 5.74) is 0.228. The molecule has 3 aromatic rings. The third kappa shape index (κ3) is 3.62. The number of thioether (sulfide) groups is 1. The van der Waals surface area contributed by atoms with Crippen molar-refractivity contribution in [2.24, 2.45) is 0 Å². The summed E-state index contributed by atoms with van der Waals surface area (Å²) in [4.78, 5) is 36.8. The molecule has 1 aliphatic rings. The monoisotopic (exact) mass is 440 g/mol. The van der Waals surface area contributed by atoms with E-state index in [1.807, 2.05) is 42.5 Å². The summed E-state index contributed by atoms with van der Waals surface area (Å²) in [7, 11) is 0. The van der Waals surface area contributed by atoms with E-state index in [9.17, 15) is 24.8 Å². The minimum atomic E-state index is -0.773. The Morgan fingerprint density at radius 2 is 1.87 bits per heavy atom. The number of hydrogen-bond acceptors (Lipinski definition) is 6. The van der Waals surface area contributed by atoms with Crippen LogP contribution in [0.5, 0.6) is 5.75 Å². The molecular weight excluding hydrogens is 428 g/mol. The van der Waals surface area contributed by atoms with Crippen molar-refractivity contribution in [3.63, 3.8) is 0 Å². The maximum atomic E-state index is 12.8. The number of benzene rings is 3. The van der Waals surface area contributed by atoms with Gasteiger partial charge in [0.05, 0.1) is 16.4 Å². The molecule has 150 valence electrons. The highest BCUT2D eigenvalue weighted by Crippen LogP contribution is 2.39. The van der Waals surface area contributed by atoms with E-state index in [0.717, 1.165) is 27.3 Å². The summed E-state index contributed by atoms with van der Waals surface area (Å²) in [6.07, 6.45) is 1.24. The minimum absolute atomic E-state index is 0.00939. The first-order valence-electron chi connectivity index (χ1n) is 8.74. The van der Waals surface area contributed by atoms with Crippen LogP contribution in [-0.2, 0) is 11.3 Å². The molecule has 0 spiro atoms. The van der Waals surface area contributed by atoms with Crippen molar-refractivity contribution in [1.29, 1.82) is 0 Å². The first kappa shape index (κ1) is 19.9. The second kappa shape index (κ2) is 7.81. The summed E-state index contributed by atoms with van der Waals surface area (Å²) in [5.74, 6) is -1.16. The van der Waals surface area contributed by atoms with Crippen molar-refractivity contribution < 1.29 is 19.6 Å². The molecule has 0 unspecified atom stereocenters. The highest BCUT2D eigenvalue weighted by atomic mass is 35.5. The first-order valence-corrected chi connectivity index (χ1v) is 9.93. The van der Waals surface area contributed by atoms with Crippen LogP contribution < -0.4 is 0 Å². The molecule has 2 amide bonds. The van der Waals surface area contributed by atoms with Crippen LogP contribution in [0.25, 0.3) is 16.8 Å². The van der Waals surface area contributed by atoms with Crippen molar-refractivity contribution in [1.82, 2.24) is 4.90 Å². The van der Waals surface area contributed by atoms with Gasteiger partial charge in [0, 0.05) is 16.7 Å². The molecule has 1 heterocycles. The summed E-state index contributed by atoms with van der Waals surface area (Å²) < 4.78 is 0. The Hall–Kier alpha value is -3.36. The Morgan fingerprint density at radius 3 is 2.63 bits per heavy atom. The van der Waals surface area contributed by atoms with E-state index >= 15 is 0 Å². The van der Waals surface area contributed by atoms with Crippen molar-refractivity contribution >= 4 is 57.0 Å². The molecule has 1 aliphatic heterocycles. The molecular formula is C21H13ClN2O5S. The van der Waals surface area contributed by atoms with Crippen LogP contribution in [0.2, 0.25) is 5.02 Å². The predicted molar refractivity (Wildman–Crippen MR) is 115 cm³/mol. The Labute approximate surface area is 179 Å². The zero-order chi connectivity index (χ0) is 21.4. The van der Waals surface area contributed by atoms with E-state index in [0.29, 0.717) is 11.8 Å². The predicted octanol–water partition coefficient (Wildman–Crippen LogP) is 5.34. The molecule has 7 nitrogen and oxygen atoms in total. The second-order valence-corrected chi connectivity index (χ2v) is 7.96. The molecule has 30 heavy (non-hydrogen) atoms. The number of carbonyl (C=O) groups is 2. The Kier molecular flexibility index (Phi) is 5.19. The van der Waals surface area contributed by atoms with E-state index in [1.54, 1.807) is 0 Å². The number of phenols is 1. The molecule has 1 fully saturated rings. The Balaban J connectivity index is 1.67. The average molecular weight is 441 g/mol. The zero-order valence-corrected chi connectivity index (χ0v) is 16.8. The molecule has 0 aromatic heterocycles. The molecule has 0 atom stereocenters.